The molecule has 0 bridgehead atoms. The molecule has 17 heteroatoms. The molecule has 1 fully saturated rings. The Morgan fingerprint density at radius 3 is 2.65 bits per heavy atom. The van der Waals surface area contributed by atoms with Crippen LogP contribution in [0, 0.1) is 0 Å². The molecule has 4 atom stereocenters. The summed E-state index contributed by atoms with van der Waals surface area (Å²) in [5, 5.41) is 13.4. The van der Waals surface area contributed by atoms with E-state index in [-0.39, 0.29) is 23.5 Å². The van der Waals surface area contributed by atoms with Crippen LogP contribution in [-0.2, 0) is 29.1 Å². The van der Waals surface area contributed by atoms with Gasteiger partial charge in [0.2, 0.25) is 5.95 Å². The summed E-state index contributed by atoms with van der Waals surface area (Å²) in [4.78, 5) is 50.5. The summed E-state index contributed by atoms with van der Waals surface area (Å²) in [6.07, 6.45) is 1.28. The third kappa shape index (κ3) is 7.11. The van der Waals surface area contributed by atoms with Crippen molar-refractivity contribution < 1.29 is 42.5 Å². The molecule has 0 amide bonds. The Balaban J connectivity index is 1.48. The lowest BCUT2D eigenvalue weighted by atomic mass is 10.1. The second-order valence-corrected chi connectivity index (χ2v) is 11.3. The molecule has 1 unspecified atom stereocenters. The zero-order chi connectivity index (χ0) is 26.8. The third-order valence-corrected chi connectivity index (χ3v) is 7.75. The Bertz CT molecular complexity index is 1390. The fraction of sp³-hybridized carbons (Fsp3) is 0.450. The minimum absolute atomic E-state index is 0.00890. The van der Waals surface area contributed by atoms with Gasteiger partial charge in [0.25, 0.3) is 5.56 Å². The van der Waals surface area contributed by atoms with Gasteiger partial charge in [-0.15, -0.1) is 0 Å². The molecule has 2 aromatic heterocycles. The number of phosphoric ester groups is 1. The lowest BCUT2D eigenvalue weighted by Gasteiger charge is -2.18. The number of fused-ring (bicyclic) bond motifs is 1. The van der Waals surface area contributed by atoms with E-state index in [1.807, 2.05) is 24.3 Å². The molecular formula is C20H27N5O10P2. The number of unbranched alkanes of at least 4 members (excludes halogenated alkanes) is 1. The molecule has 1 saturated heterocycles. The van der Waals surface area contributed by atoms with Crippen molar-refractivity contribution in [2.75, 3.05) is 11.9 Å². The number of rotatable bonds is 11. The molecule has 0 spiro atoms. The fourth-order valence-corrected chi connectivity index (χ4v) is 5.43. The molecule has 0 radical (unpaired) electrons. The molecular weight excluding hydrogens is 532 g/mol. The van der Waals surface area contributed by atoms with Gasteiger partial charge in [0, 0.05) is 12.1 Å². The van der Waals surface area contributed by atoms with Gasteiger partial charge >= 0.3 is 15.6 Å². The predicted octanol–water partition coefficient (Wildman–Crippen LogP) is 2.08. The van der Waals surface area contributed by atoms with Gasteiger partial charge in [0.15, 0.2) is 11.2 Å². The number of H-pyrrole nitrogens is 1. The van der Waals surface area contributed by atoms with Gasteiger partial charge in [-0.2, -0.15) is 9.29 Å². The Kier molecular flexibility index (Phi) is 8.29. The number of benzene rings is 1. The van der Waals surface area contributed by atoms with Crippen molar-refractivity contribution in [2.45, 2.75) is 51.0 Å². The van der Waals surface area contributed by atoms with Crippen LogP contribution in [-0.4, -0.2) is 58.1 Å². The van der Waals surface area contributed by atoms with E-state index < -0.39 is 46.2 Å². The van der Waals surface area contributed by atoms with E-state index in [2.05, 4.69) is 36.0 Å². The second-order valence-electron chi connectivity index (χ2n) is 8.43. The van der Waals surface area contributed by atoms with Gasteiger partial charge < -0.3 is 29.8 Å². The molecule has 0 saturated carbocycles. The van der Waals surface area contributed by atoms with Crippen LogP contribution in [0.4, 0.5) is 11.6 Å². The van der Waals surface area contributed by atoms with Gasteiger partial charge in [-0.3, -0.25) is 18.9 Å². The molecule has 1 aliphatic rings. The van der Waals surface area contributed by atoms with E-state index in [0.29, 0.717) is 5.69 Å². The number of aryl methyl sites for hydroxylation is 1. The number of aromatic amines is 1. The van der Waals surface area contributed by atoms with Crippen molar-refractivity contribution >= 4 is 38.4 Å². The number of nitrogens with one attached hydrogen (secondary N) is 2. The molecule has 202 valence electrons. The molecule has 0 aliphatic carbocycles. The maximum Gasteiger partial charge on any atom is 0.481 e. The van der Waals surface area contributed by atoms with Crippen molar-refractivity contribution in [3.05, 3.63) is 46.5 Å². The summed E-state index contributed by atoms with van der Waals surface area (Å²) in [5.74, 6) is 0.162. The van der Waals surface area contributed by atoms with Gasteiger partial charge in [0.05, 0.1) is 19.0 Å². The van der Waals surface area contributed by atoms with Crippen LogP contribution < -0.4 is 10.9 Å². The number of imidazole rings is 1. The number of anilines is 2. The average Bonchev–Trinajstić information content (AvgIpc) is 3.39. The van der Waals surface area contributed by atoms with Crippen LogP contribution in [0.3, 0.4) is 0 Å². The molecule has 1 aliphatic heterocycles. The second kappa shape index (κ2) is 11.1. The zero-order valence-electron chi connectivity index (χ0n) is 19.6. The molecule has 4 rings (SSSR count). The molecule has 37 heavy (non-hydrogen) atoms. The summed E-state index contributed by atoms with van der Waals surface area (Å²) >= 11 is 0. The number of phosphoric acid groups is 2. The maximum atomic E-state index is 12.6. The van der Waals surface area contributed by atoms with Crippen LogP contribution in [0.5, 0.6) is 0 Å². The zero-order valence-corrected chi connectivity index (χ0v) is 21.4. The minimum atomic E-state index is -5.29. The summed E-state index contributed by atoms with van der Waals surface area (Å²) in [7, 11) is -10.4. The first-order chi connectivity index (χ1) is 17.4. The number of nitrogens with zero attached hydrogens (tertiary/aromatic N) is 3. The summed E-state index contributed by atoms with van der Waals surface area (Å²) in [5.41, 5.74) is 1.61. The number of hydrogen-bond acceptors (Lipinski definition) is 10. The molecule has 1 aromatic carbocycles. The SMILES string of the molecule is CCCCc1ccc(Nc2nc3c(ncn3[C@H]3C[C@H](O)[C@@H](COP(=O)(O)OP(=O)(O)O)O3)c(=O)[nH]2)cc1. The maximum absolute atomic E-state index is 12.6. The Hall–Kier alpha value is -2.45. The van der Waals surface area contributed by atoms with Crippen molar-refractivity contribution in [3.63, 3.8) is 0 Å². The molecule has 6 N–H and O–H groups in total. The van der Waals surface area contributed by atoms with E-state index in [4.69, 9.17) is 14.5 Å². The highest BCUT2D eigenvalue weighted by molar-refractivity contribution is 7.60. The first-order valence-corrected chi connectivity index (χ1v) is 14.4. The predicted molar refractivity (Wildman–Crippen MR) is 130 cm³/mol. The van der Waals surface area contributed by atoms with E-state index in [0.717, 1.165) is 19.3 Å². The van der Waals surface area contributed by atoms with Crippen molar-refractivity contribution in [3.8, 4) is 0 Å². The highest BCUT2D eigenvalue weighted by atomic mass is 31.3. The van der Waals surface area contributed by atoms with Gasteiger partial charge in [-0.25, -0.2) is 14.1 Å². The number of hydrogen-bond donors (Lipinski definition) is 6. The number of aliphatic hydroxyl groups is 1. The highest BCUT2D eigenvalue weighted by Crippen LogP contribution is 2.57. The first kappa shape index (κ1) is 27.6. The monoisotopic (exact) mass is 559 g/mol. The summed E-state index contributed by atoms with van der Waals surface area (Å²) in [6.45, 7) is 1.43. The van der Waals surface area contributed by atoms with Gasteiger partial charge in [0.1, 0.15) is 12.3 Å². The number of aliphatic hydroxyl groups excluding tert-OH is 1. The average molecular weight is 559 g/mol. The van der Waals surface area contributed by atoms with Crippen molar-refractivity contribution in [1.29, 1.82) is 0 Å². The number of aromatic nitrogens is 4. The Labute approximate surface area is 210 Å². The van der Waals surface area contributed by atoms with Crippen molar-refractivity contribution in [2.24, 2.45) is 0 Å². The molecule has 3 heterocycles. The lowest BCUT2D eigenvalue weighted by molar-refractivity contribution is -0.0423. The molecule has 15 nitrogen and oxygen atoms in total. The van der Waals surface area contributed by atoms with E-state index in [1.54, 1.807) is 0 Å². The number of ether oxygens (including phenoxy) is 1. The summed E-state index contributed by atoms with van der Waals surface area (Å²) in [6, 6.07) is 7.74. The van der Waals surface area contributed by atoms with Crippen LogP contribution in [0.25, 0.3) is 11.2 Å². The minimum Gasteiger partial charge on any atom is -0.390 e. The van der Waals surface area contributed by atoms with E-state index >= 15 is 0 Å². The van der Waals surface area contributed by atoms with Crippen molar-refractivity contribution in [1.82, 2.24) is 19.5 Å². The molecule has 3 aromatic rings. The van der Waals surface area contributed by atoms with Crippen LogP contribution in [0.15, 0.2) is 35.4 Å². The van der Waals surface area contributed by atoms with E-state index in [1.165, 1.54) is 16.5 Å². The Morgan fingerprint density at radius 2 is 1.97 bits per heavy atom. The quantitative estimate of drug-likeness (QED) is 0.186. The lowest BCUT2D eigenvalue weighted by Crippen LogP contribution is -2.26. The van der Waals surface area contributed by atoms with Gasteiger partial charge in [-0.1, -0.05) is 25.5 Å². The Morgan fingerprint density at radius 1 is 1.24 bits per heavy atom. The summed E-state index contributed by atoms with van der Waals surface area (Å²) < 4.78 is 37.9. The van der Waals surface area contributed by atoms with Crippen LogP contribution >= 0.6 is 15.6 Å². The standard InChI is InChI=1S/C20H27N5O10P2/c1-2-3-4-12-5-7-13(8-6-12)22-20-23-18-17(19(27)24-20)21-11-25(18)16-9-14(26)15(34-16)10-33-37(31,32)35-36(28,29)30/h5-8,11,14-16,26H,2-4,9-10H2,1H3,(H,31,32)(H2,28,29,30)(H2,22,23,24,27)/t14-,15+,16+/m0/s1. The van der Waals surface area contributed by atoms with Gasteiger partial charge in [-0.05, 0) is 30.5 Å². The first-order valence-electron chi connectivity index (χ1n) is 11.3. The fourth-order valence-electron chi connectivity index (χ4n) is 3.83. The van der Waals surface area contributed by atoms with Crippen LogP contribution in [0.1, 0.15) is 38.0 Å². The largest absolute Gasteiger partial charge is 0.481 e. The van der Waals surface area contributed by atoms with E-state index in [9.17, 15) is 23.9 Å². The highest BCUT2D eigenvalue weighted by Gasteiger charge is 2.39. The third-order valence-electron chi connectivity index (χ3n) is 5.59. The van der Waals surface area contributed by atoms with Crippen LogP contribution in [0.2, 0.25) is 0 Å². The topological polar surface area (TPSA) is 218 Å². The smallest absolute Gasteiger partial charge is 0.390 e. The normalized spacial score (nSPS) is 21.8.